The maximum Gasteiger partial charge on any atom is 0.224 e. The number of nitrogens with zero attached hydrogens (tertiary/aromatic N) is 3. The first-order valence-electron chi connectivity index (χ1n) is 3.91. The van der Waals surface area contributed by atoms with Gasteiger partial charge in [0.25, 0.3) is 0 Å². The van der Waals surface area contributed by atoms with Crippen LogP contribution in [0.5, 0.6) is 0 Å². The molecular formula is C7H12N4OS. The van der Waals surface area contributed by atoms with E-state index in [9.17, 15) is 0 Å². The van der Waals surface area contributed by atoms with Crippen LogP contribution in [0, 0.1) is 0 Å². The maximum atomic E-state index is 8.62. The molecule has 0 aromatic carbocycles. The summed E-state index contributed by atoms with van der Waals surface area (Å²) >= 11 is 1.43. The molecule has 3 N–H and O–H groups in total. The van der Waals surface area contributed by atoms with Gasteiger partial charge in [0.05, 0.1) is 0 Å². The van der Waals surface area contributed by atoms with Gasteiger partial charge < -0.3 is 10.8 Å². The zero-order chi connectivity index (χ0) is 9.68. The number of aliphatic hydroxyl groups excluding tert-OH is 1. The molecule has 1 heterocycles. The van der Waals surface area contributed by atoms with Crippen LogP contribution in [0.2, 0.25) is 0 Å². The van der Waals surface area contributed by atoms with Crippen molar-refractivity contribution in [2.24, 2.45) is 0 Å². The van der Waals surface area contributed by atoms with Gasteiger partial charge in [0.15, 0.2) is 5.16 Å². The van der Waals surface area contributed by atoms with Gasteiger partial charge in [0.2, 0.25) is 5.95 Å². The summed E-state index contributed by atoms with van der Waals surface area (Å²) in [5.41, 5.74) is 5.47. The van der Waals surface area contributed by atoms with E-state index in [-0.39, 0.29) is 12.6 Å². The number of aromatic nitrogens is 3. The Labute approximate surface area is 80.8 Å². The molecule has 0 radical (unpaired) electrons. The Bertz CT molecular complexity index is 281. The zero-order valence-electron chi connectivity index (χ0n) is 7.40. The average molecular weight is 200 g/mol. The molecule has 0 unspecified atom stereocenters. The summed E-state index contributed by atoms with van der Waals surface area (Å²) in [6.07, 6.45) is 3.17. The third-order valence-corrected chi connectivity index (χ3v) is 1.97. The highest BCUT2D eigenvalue weighted by molar-refractivity contribution is 7.98. The summed E-state index contributed by atoms with van der Waals surface area (Å²) < 4.78 is 0. The summed E-state index contributed by atoms with van der Waals surface area (Å²) in [5.74, 6) is 0.887. The SMILES string of the molecule is CSc1nc(N)nc(CCCO)n1. The normalized spacial score (nSPS) is 10.3. The first-order chi connectivity index (χ1) is 6.26. The molecule has 1 aromatic heterocycles. The van der Waals surface area contributed by atoms with Gasteiger partial charge in [-0.2, -0.15) is 9.97 Å². The Morgan fingerprint density at radius 1 is 1.38 bits per heavy atom. The number of hydrogen-bond donors (Lipinski definition) is 2. The lowest BCUT2D eigenvalue weighted by atomic mass is 10.3. The first-order valence-corrected chi connectivity index (χ1v) is 5.14. The van der Waals surface area contributed by atoms with Gasteiger partial charge in [0.1, 0.15) is 5.82 Å². The van der Waals surface area contributed by atoms with E-state index >= 15 is 0 Å². The lowest BCUT2D eigenvalue weighted by Gasteiger charge is -2.01. The van der Waals surface area contributed by atoms with Crippen LogP contribution in [0.15, 0.2) is 5.16 Å². The van der Waals surface area contributed by atoms with Crippen molar-refractivity contribution >= 4 is 17.7 Å². The molecule has 5 nitrogen and oxygen atoms in total. The molecule has 72 valence electrons. The fourth-order valence-corrected chi connectivity index (χ4v) is 1.24. The van der Waals surface area contributed by atoms with Gasteiger partial charge in [-0.1, -0.05) is 11.8 Å². The van der Waals surface area contributed by atoms with Gasteiger partial charge in [-0.25, -0.2) is 4.98 Å². The smallest absolute Gasteiger partial charge is 0.224 e. The molecule has 0 atom stereocenters. The molecule has 13 heavy (non-hydrogen) atoms. The third kappa shape index (κ3) is 3.16. The molecule has 6 heteroatoms. The van der Waals surface area contributed by atoms with Gasteiger partial charge in [0, 0.05) is 13.0 Å². The predicted molar refractivity (Wildman–Crippen MR) is 51.4 cm³/mol. The summed E-state index contributed by atoms with van der Waals surface area (Å²) in [4.78, 5) is 12.0. The van der Waals surface area contributed by atoms with Gasteiger partial charge >= 0.3 is 0 Å². The number of nitrogens with two attached hydrogens (primary N) is 1. The highest BCUT2D eigenvalue weighted by atomic mass is 32.2. The number of hydrogen-bond acceptors (Lipinski definition) is 6. The van der Waals surface area contributed by atoms with Gasteiger partial charge in [-0.05, 0) is 12.7 Å². The minimum atomic E-state index is 0.139. The second-order valence-electron chi connectivity index (χ2n) is 2.42. The first kappa shape index (κ1) is 10.2. The Kier molecular flexibility index (Phi) is 3.91. The van der Waals surface area contributed by atoms with Crippen LogP contribution in [0.4, 0.5) is 5.95 Å². The maximum absolute atomic E-state index is 8.62. The monoisotopic (exact) mass is 200 g/mol. The van der Waals surface area contributed by atoms with E-state index in [1.165, 1.54) is 11.8 Å². The van der Waals surface area contributed by atoms with Crippen LogP contribution >= 0.6 is 11.8 Å². The van der Waals surface area contributed by atoms with Crippen LogP contribution in [0.25, 0.3) is 0 Å². The average Bonchev–Trinajstić information content (AvgIpc) is 2.14. The van der Waals surface area contributed by atoms with Gasteiger partial charge in [-0.3, -0.25) is 0 Å². The van der Waals surface area contributed by atoms with Crippen LogP contribution < -0.4 is 5.73 Å². The fourth-order valence-electron chi connectivity index (χ4n) is 0.856. The molecule has 1 aromatic rings. The molecule has 0 aliphatic rings. The van der Waals surface area contributed by atoms with Crippen molar-refractivity contribution in [3.05, 3.63) is 5.82 Å². The predicted octanol–water partition coefficient (Wildman–Crippen LogP) is 0.101. The molecule has 0 aliphatic heterocycles. The summed E-state index contributed by atoms with van der Waals surface area (Å²) in [6, 6.07) is 0. The van der Waals surface area contributed by atoms with E-state index in [4.69, 9.17) is 10.8 Å². The second kappa shape index (κ2) is 4.98. The largest absolute Gasteiger partial charge is 0.396 e. The minimum absolute atomic E-state index is 0.139. The number of rotatable bonds is 4. The Hall–Kier alpha value is -0.880. The van der Waals surface area contributed by atoms with Crippen molar-refractivity contribution in [3.63, 3.8) is 0 Å². The molecule has 0 spiro atoms. The quantitative estimate of drug-likeness (QED) is 0.670. The molecule has 0 fully saturated rings. The summed E-state index contributed by atoms with van der Waals surface area (Å²) in [5, 5.41) is 9.24. The van der Waals surface area contributed by atoms with E-state index in [1.807, 2.05) is 6.26 Å². The standard InChI is InChI=1S/C7H12N4OS/c1-13-7-10-5(3-2-4-12)9-6(8)11-7/h12H,2-4H2,1H3,(H2,8,9,10,11). The number of anilines is 1. The van der Waals surface area contributed by atoms with E-state index in [0.717, 1.165) is 0 Å². The van der Waals surface area contributed by atoms with Crippen molar-refractivity contribution in [1.29, 1.82) is 0 Å². The van der Waals surface area contributed by atoms with Gasteiger partial charge in [-0.15, -0.1) is 0 Å². The fraction of sp³-hybridized carbons (Fsp3) is 0.571. The number of nitrogen functional groups attached to an aromatic ring is 1. The summed E-state index contributed by atoms with van der Waals surface area (Å²) in [7, 11) is 0. The third-order valence-electron chi connectivity index (χ3n) is 1.42. The van der Waals surface area contributed by atoms with Crippen LogP contribution in [0.1, 0.15) is 12.2 Å². The van der Waals surface area contributed by atoms with Crippen LogP contribution in [-0.2, 0) is 6.42 Å². The summed E-state index contributed by atoms with van der Waals surface area (Å²) in [6.45, 7) is 0.139. The number of thioether (sulfide) groups is 1. The van der Waals surface area contributed by atoms with Crippen molar-refractivity contribution in [2.45, 2.75) is 18.0 Å². The highest BCUT2D eigenvalue weighted by Gasteiger charge is 2.02. The molecule has 0 saturated carbocycles. The molecular weight excluding hydrogens is 188 g/mol. The number of aryl methyl sites for hydroxylation is 1. The minimum Gasteiger partial charge on any atom is -0.396 e. The van der Waals surface area contributed by atoms with E-state index in [2.05, 4.69) is 15.0 Å². The van der Waals surface area contributed by atoms with Crippen molar-refractivity contribution in [2.75, 3.05) is 18.6 Å². The molecule has 0 aliphatic carbocycles. The lowest BCUT2D eigenvalue weighted by molar-refractivity contribution is 0.287. The topological polar surface area (TPSA) is 84.9 Å². The Morgan fingerprint density at radius 2 is 2.15 bits per heavy atom. The molecule has 0 amide bonds. The van der Waals surface area contributed by atoms with E-state index < -0.39 is 0 Å². The lowest BCUT2D eigenvalue weighted by Crippen LogP contribution is -2.04. The van der Waals surface area contributed by atoms with E-state index in [1.54, 1.807) is 0 Å². The molecule has 0 saturated heterocycles. The zero-order valence-corrected chi connectivity index (χ0v) is 8.21. The molecule has 0 bridgehead atoms. The van der Waals surface area contributed by atoms with Crippen molar-refractivity contribution in [1.82, 2.24) is 15.0 Å². The van der Waals surface area contributed by atoms with Crippen LogP contribution in [-0.4, -0.2) is 32.9 Å². The van der Waals surface area contributed by atoms with Crippen molar-refractivity contribution in [3.8, 4) is 0 Å². The van der Waals surface area contributed by atoms with Crippen LogP contribution in [0.3, 0.4) is 0 Å². The Balaban J connectivity index is 2.76. The van der Waals surface area contributed by atoms with Crippen molar-refractivity contribution < 1.29 is 5.11 Å². The Morgan fingerprint density at radius 3 is 2.77 bits per heavy atom. The second-order valence-corrected chi connectivity index (χ2v) is 3.20. The number of aliphatic hydroxyl groups is 1. The highest BCUT2D eigenvalue weighted by Crippen LogP contribution is 2.09. The molecule has 1 rings (SSSR count). The van der Waals surface area contributed by atoms with E-state index in [0.29, 0.717) is 23.8 Å².